The molecule has 0 saturated heterocycles. The fourth-order valence-corrected chi connectivity index (χ4v) is 1.95. The minimum absolute atomic E-state index is 0. The first-order valence-electron chi connectivity index (χ1n) is 6.64. The molecule has 0 aliphatic heterocycles. The predicted octanol–water partition coefficient (Wildman–Crippen LogP) is 1.72. The smallest absolute Gasteiger partial charge is 0.251 e. The van der Waals surface area contributed by atoms with Crippen LogP contribution in [0, 0.1) is 0 Å². The molecule has 0 bridgehead atoms. The average molecular weight is 379 g/mol. The van der Waals surface area contributed by atoms with Crippen LogP contribution in [-0.2, 0) is 4.79 Å². The summed E-state index contributed by atoms with van der Waals surface area (Å²) >= 11 is 3.30. The molecule has 0 radical (unpaired) electrons. The first-order valence-corrected chi connectivity index (χ1v) is 7.44. The number of halogens is 2. The van der Waals surface area contributed by atoms with Gasteiger partial charge in [0.25, 0.3) is 5.91 Å². The van der Waals surface area contributed by atoms with Crippen LogP contribution in [0.5, 0.6) is 0 Å². The molecular formula is C14H21BrClN3O2. The zero-order valence-corrected chi connectivity index (χ0v) is 14.4. The van der Waals surface area contributed by atoms with Gasteiger partial charge in [-0.15, -0.1) is 12.4 Å². The summed E-state index contributed by atoms with van der Waals surface area (Å²) in [6.07, 6.45) is 1.07. The van der Waals surface area contributed by atoms with Crippen molar-refractivity contribution in [1.82, 2.24) is 16.0 Å². The SMILES string of the molecule is CCCNCCNC(=O)CNC(=O)c1cccc(Br)c1.Cl. The van der Waals surface area contributed by atoms with Crippen molar-refractivity contribution in [3.8, 4) is 0 Å². The fourth-order valence-electron chi connectivity index (χ4n) is 1.55. The first kappa shape index (κ1) is 19.9. The third-order valence-corrected chi connectivity index (χ3v) is 3.04. The number of carbonyl (C=O) groups excluding carboxylic acids is 2. The molecule has 7 heteroatoms. The maximum absolute atomic E-state index is 11.8. The number of amides is 2. The van der Waals surface area contributed by atoms with Crippen molar-refractivity contribution in [1.29, 1.82) is 0 Å². The lowest BCUT2D eigenvalue weighted by Crippen LogP contribution is -2.39. The topological polar surface area (TPSA) is 70.2 Å². The summed E-state index contributed by atoms with van der Waals surface area (Å²) in [4.78, 5) is 23.3. The lowest BCUT2D eigenvalue weighted by atomic mass is 10.2. The molecule has 0 unspecified atom stereocenters. The molecule has 5 nitrogen and oxygen atoms in total. The van der Waals surface area contributed by atoms with Crippen molar-refractivity contribution in [2.45, 2.75) is 13.3 Å². The zero-order valence-electron chi connectivity index (χ0n) is 11.9. The Morgan fingerprint density at radius 2 is 1.90 bits per heavy atom. The number of hydrogen-bond donors (Lipinski definition) is 3. The number of hydrogen-bond acceptors (Lipinski definition) is 3. The summed E-state index contributed by atoms with van der Waals surface area (Å²) in [6.45, 7) is 4.31. The number of benzene rings is 1. The van der Waals surface area contributed by atoms with Gasteiger partial charge in [0.2, 0.25) is 5.91 Å². The van der Waals surface area contributed by atoms with E-state index in [4.69, 9.17) is 0 Å². The molecule has 0 fully saturated rings. The number of rotatable bonds is 8. The van der Waals surface area contributed by atoms with Gasteiger partial charge in [0.05, 0.1) is 6.54 Å². The van der Waals surface area contributed by atoms with Gasteiger partial charge in [-0.3, -0.25) is 9.59 Å². The van der Waals surface area contributed by atoms with E-state index in [0.717, 1.165) is 24.0 Å². The van der Waals surface area contributed by atoms with Crippen LogP contribution in [0.1, 0.15) is 23.7 Å². The summed E-state index contributed by atoms with van der Waals surface area (Å²) in [6, 6.07) is 7.03. The van der Waals surface area contributed by atoms with Crippen LogP contribution in [0.2, 0.25) is 0 Å². The molecular weight excluding hydrogens is 358 g/mol. The molecule has 2 amide bonds. The normalized spacial score (nSPS) is 9.62. The third kappa shape index (κ3) is 8.70. The van der Waals surface area contributed by atoms with Crippen molar-refractivity contribution in [3.63, 3.8) is 0 Å². The Morgan fingerprint density at radius 1 is 1.14 bits per heavy atom. The van der Waals surface area contributed by atoms with Crippen LogP contribution in [0.25, 0.3) is 0 Å². The van der Waals surface area contributed by atoms with Crippen molar-refractivity contribution < 1.29 is 9.59 Å². The van der Waals surface area contributed by atoms with E-state index < -0.39 is 0 Å². The molecule has 0 aromatic heterocycles. The molecule has 1 aromatic carbocycles. The van der Waals surface area contributed by atoms with Gasteiger partial charge in [-0.25, -0.2) is 0 Å². The van der Waals surface area contributed by atoms with Gasteiger partial charge in [0.1, 0.15) is 0 Å². The van der Waals surface area contributed by atoms with Gasteiger partial charge in [-0.1, -0.05) is 28.9 Å². The van der Waals surface area contributed by atoms with Gasteiger partial charge in [0.15, 0.2) is 0 Å². The largest absolute Gasteiger partial charge is 0.353 e. The van der Waals surface area contributed by atoms with Crippen molar-refractivity contribution in [2.75, 3.05) is 26.2 Å². The van der Waals surface area contributed by atoms with Gasteiger partial charge in [-0.05, 0) is 31.2 Å². The quantitative estimate of drug-likeness (QED) is 0.603. The molecule has 0 aliphatic carbocycles. The Hall–Kier alpha value is -1.11. The monoisotopic (exact) mass is 377 g/mol. The summed E-state index contributed by atoms with van der Waals surface area (Å²) in [5.74, 6) is -0.447. The minimum Gasteiger partial charge on any atom is -0.353 e. The fraction of sp³-hybridized carbons (Fsp3) is 0.429. The van der Waals surface area contributed by atoms with Crippen LogP contribution in [0.4, 0.5) is 0 Å². The molecule has 0 aliphatic rings. The van der Waals surface area contributed by atoms with E-state index in [2.05, 4.69) is 38.8 Å². The maximum Gasteiger partial charge on any atom is 0.251 e. The van der Waals surface area contributed by atoms with Gasteiger partial charge in [-0.2, -0.15) is 0 Å². The van der Waals surface area contributed by atoms with E-state index in [0.29, 0.717) is 12.1 Å². The second-order valence-corrected chi connectivity index (χ2v) is 5.21. The van der Waals surface area contributed by atoms with Crippen LogP contribution in [0.3, 0.4) is 0 Å². The van der Waals surface area contributed by atoms with Crippen molar-refractivity contribution >= 4 is 40.2 Å². The molecule has 21 heavy (non-hydrogen) atoms. The van der Waals surface area contributed by atoms with Crippen LogP contribution in [-0.4, -0.2) is 38.0 Å². The van der Waals surface area contributed by atoms with Crippen LogP contribution in [0.15, 0.2) is 28.7 Å². The van der Waals surface area contributed by atoms with E-state index >= 15 is 0 Å². The lowest BCUT2D eigenvalue weighted by Gasteiger charge is -2.07. The minimum atomic E-state index is -0.259. The molecule has 1 rings (SSSR count). The predicted molar refractivity (Wildman–Crippen MR) is 89.9 cm³/mol. The standard InChI is InChI=1S/C14H20BrN3O2.ClH/c1-2-6-16-7-8-17-13(19)10-18-14(20)11-4-3-5-12(15)9-11;/h3-5,9,16H,2,6-8,10H2,1H3,(H,17,19)(H,18,20);1H. The van der Waals surface area contributed by atoms with Gasteiger partial charge in [0, 0.05) is 23.1 Å². The van der Waals surface area contributed by atoms with E-state index in [9.17, 15) is 9.59 Å². The van der Waals surface area contributed by atoms with Gasteiger partial charge >= 0.3 is 0 Å². The molecule has 0 heterocycles. The summed E-state index contributed by atoms with van der Waals surface area (Å²) in [7, 11) is 0. The van der Waals surface area contributed by atoms with E-state index in [-0.39, 0.29) is 30.8 Å². The Bertz CT molecular complexity index is 458. The Kier molecular flexibility index (Phi) is 10.9. The average Bonchev–Trinajstić information content (AvgIpc) is 2.44. The van der Waals surface area contributed by atoms with Crippen LogP contribution >= 0.6 is 28.3 Å². The Balaban J connectivity index is 0.00000400. The molecule has 3 N–H and O–H groups in total. The zero-order chi connectivity index (χ0) is 14.8. The van der Waals surface area contributed by atoms with E-state index in [1.165, 1.54) is 0 Å². The van der Waals surface area contributed by atoms with Gasteiger partial charge < -0.3 is 16.0 Å². The number of nitrogens with one attached hydrogen (secondary N) is 3. The highest BCUT2D eigenvalue weighted by molar-refractivity contribution is 9.10. The third-order valence-electron chi connectivity index (χ3n) is 2.55. The highest BCUT2D eigenvalue weighted by Crippen LogP contribution is 2.11. The summed E-state index contributed by atoms with van der Waals surface area (Å²) in [5, 5.41) is 8.50. The van der Waals surface area contributed by atoms with Crippen molar-refractivity contribution in [2.24, 2.45) is 0 Å². The Labute approximate surface area is 139 Å². The van der Waals surface area contributed by atoms with Crippen molar-refractivity contribution in [3.05, 3.63) is 34.3 Å². The number of carbonyl (C=O) groups is 2. The molecule has 118 valence electrons. The molecule has 0 atom stereocenters. The second-order valence-electron chi connectivity index (χ2n) is 4.29. The second kappa shape index (κ2) is 11.5. The first-order chi connectivity index (χ1) is 9.63. The molecule has 0 spiro atoms. The van der Waals surface area contributed by atoms with E-state index in [1.807, 2.05) is 6.07 Å². The summed E-state index contributed by atoms with van der Waals surface area (Å²) < 4.78 is 0.830. The highest BCUT2D eigenvalue weighted by atomic mass is 79.9. The molecule has 0 saturated carbocycles. The lowest BCUT2D eigenvalue weighted by molar-refractivity contribution is -0.120. The molecule has 1 aromatic rings. The Morgan fingerprint density at radius 3 is 2.57 bits per heavy atom. The maximum atomic E-state index is 11.8. The van der Waals surface area contributed by atoms with E-state index in [1.54, 1.807) is 18.2 Å². The highest BCUT2D eigenvalue weighted by Gasteiger charge is 2.07. The van der Waals surface area contributed by atoms with Crippen LogP contribution < -0.4 is 16.0 Å². The summed E-state index contributed by atoms with van der Waals surface area (Å²) in [5.41, 5.74) is 0.525.